The Morgan fingerprint density at radius 2 is 1.63 bits per heavy atom. The summed E-state index contributed by atoms with van der Waals surface area (Å²) in [4.78, 5) is 0. The van der Waals surface area contributed by atoms with E-state index in [1.165, 1.54) is 5.56 Å². The summed E-state index contributed by atoms with van der Waals surface area (Å²) in [7, 11) is 0. The van der Waals surface area contributed by atoms with Crippen molar-refractivity contribution in [2.45, 2.75) is 20.3 Å². The fourth-order valence-corrected chi connectivity index (χ4v) is 2.39. The third-order valence-corrected chi connectivity index (χ3v) is 3.22. The summed E-state index contributed by atoms with van der Waals surface area (Å²) in [6.07, 6.45) is 0.888. The molecular weight excluding hydrogens is 258 g/mol. The molecular formula is C16H18ClNO. The van der Waals surface area contributed by atoms with Gasteiger partial charge in [0.1, 0.15) is 11.5 Å². The predicted molar refractivity (Wildman–Crippen MR) is 80.2 cm³/mol. The Morgan fingerprint density at radius 3 is 2.16 bits per heavy atom. The van der Waals surface area contributed by atoms with E-state index in [-0.39, 0.29) is 0 Å². The maximum Gasteiger partial charge on any atom is 0.133 e. The highest BCUT2D eigenvalue weighted by Crippen LogP contribution is 2.31. The number of hydrogen-bond donors (Lipinski definition) is 1. The molecule has 0 bridgehead atoms. The highest BCUT2D eigenvalue weighted by molar-refractivity contribution is 6.30. The van der Waals surface area contributed by atoms with Crippen molar-refractivity contribution >= 4 is 11.6 Å². The van der Waals surface area contributed by atoms with E-state index in [9.17, 15) is 0 Å². The second-order valence-corrected chi connectivity index (χ2v) is 5.09. The van der Waals surface area contributed by atoms with Crippen LogP contribution in [0.4, 0.5) is 0 Å². The minimum absolute atomic E-state index is 0.662. The molecule has 0 unspecified atom stereocenters. The topological polar surface area (TPSA) is 35.2 Å². The molecule has 0 aliphatic heterocycles. The van der Waals surface area contributed by atoms with Crippen LogP contribution in [0.3, 0.4) is 0 Å². The van der Waals surface area contributed by atoms with Crippen LogP contribution in [-0.2, 0) is 6.42 Å². The van der Waals surface area contributed by atoms with E-state index in [2.05, 4.69) is 0 Å². The second-order valence-electron chi connectivity index (χ2n) is 4.65. The number of rotatable bonds is 4. The summed E-state index contributed by atoms with van der Waals surface area (Å²) in [5.74, 6) is 1.70. The molecule has 0 spiro atoms. The third kappa shape index (κ3) is 3.49. The van der Waals surface area contributed by atoms with Crippen molar-refractivity contribution in [1.29, 1.82) is 0 Å². The lowest BCUT2D eigenvalue weighted by molar-refractivity contribution is 0.475. The fraction of sp³-hybridized carbons (Fsp3) is 0.250. The summed E-state index contributed by atoms with van der Waals surface area (Å²) in [6.45, 7) is 4.66. The number of aryl methyl sites for hydroxylation is 2. The highest BCUT2D eigenvalue weighted by Gasteiger charge is 2.07. The molecule has 2 N–H and O–H groups in total. The molecule has 0 heterocycles. The average molecular weight is 276 g/mol. The number of hydrogen-bond acceptors (Lipinski definition) is 2. The van der Waals surface area contributed by atoms with Crippen molar-refractivity contribution in [3.63, 3.8) is 0 Å². The number of benzene rings is 2. The van der Waals surface area contributed by atoms with E-state index >= 15 is 0 Å². The van der Waals surface area contributed by atoms with Crippen molar-refractivity contribution in [1.82, 2.24) is 0 Å². The van der Waals surface area contributed by atoms with E-state index in [0.29, 0.717) is 6.54 Å². The van der Waals surface area contributed by atoms with Crippen LogP contribution in [0.5, 0.6) is 11.5 Å². The van der Waals surface area contributed by atoms with Gasteiger partial charge < -0.3 is 10.5 Å². The third-order valence-electron chi connectivity index (χ3n) is 3.00. The van der Waals surface area contributed by atoms with Gasteiger partial charge in [-0.25, -0.2) is 0 Å². The highest BCUT2D eigenvalue weighted by atomic mass is 35.5. The molecule has 3 heteroatoms. The molecule has 0 atom stereocenters. The molecule has 0 aliphatic carbocycles. The van der Waals surface area contributed by atoms with E-state index < -0.39 is 0 Å². The van der Waals surface area contributed by atoms with Gasteiger partial charge in [0.25, 0.3) is 0 Å². The number of nitrogens with two attached hydrogens (primary N) is 1. The molecule has 0 saturated heterocycles. The van der Waals surface area contributed by atoms with E-state index in [0.717, 1.165) is 34.1 Å². The van der Waals surface area contributed by atoms with Crippen molar-refractivity contribution in [3.05, 3.63) is 58.1 Å². The molecule has 100 valence electrons. The minimum Gasteiger partial charge on any atom is -0.457 e. The van der Waals surface area contributed by atoms with Crippen LogP contribution >= 0.6 is 11.6 Å². The molecule has 0 radical (unpaired) electrons. The number of halogens is 1. The van der Waals surface area contributed by atoms with Gasteiger partial charge in [0.2, 0.25) is 0 Å². The standard InChI is InChI=1S/C16H18ClNO/c1-11-9-14(17)10-12(2)16(11)19-15-5-3-13(4-6-15)7-8-18/h3-6,9-10H,7-8,18H2,1-2H3. The SMILES string of the molecule is Cc1cc(Cl)cc(C)c1Oc1ccc(CCN)cc1. The van der Waals surface area contributed by atoms with Crippen LogP contribution in [0.2, 0.25) is 5.02 Å². The summed E-state index contributed by atoms with van der Waals surface area (Å²) in [5, 5.41) is 0.737. The maximum absolute atomic E-state index is 6.01. The lowest BCUT2D eigenvalue weighted by atomic mass is 10.1. The van der Waals surface area contributed by atoms with E-state index in [4.69, 9.17) is 22.1 Å². The first-order chi connectivity index (χ1) is 9.10. The van der Waals surface area contributed by atoms with E-state index in [1.54, 1.807) is 0 Å². The van der Waals surface area contributed by atoms with Crippen LogP contribution in [0.1, 0.15) is 16.7 Å². The van der Waals surface area contributed by atoms with Crippen LogP contribution in [0.25, 0.3) is 0 Å². The van der Waals surface area contributed by atoms with Crippen molar-refractivity contribution in [2.24, 2.45) is 5.73 Å². The first-order valence-corrected chi connectivity index (χ1v) is 6.71. The fourth-order valence-electron chi connectivity index (χ4n) is 2.07. The molecule has 0 amide bonds. The van der Waals surface area contributed by atoms with Crippen molar-refractivity contribution < 1.29 is 4.74 Å². The zero-order valence-corrected chi connectivity index (χ0v) is 12.0. The molecule has 19 heavy (non-hydrogen) atoms. The number of ether oxygens (including phenoxy) is 1. The Hall–Kier alpha value is -1.51. The lowest BCUT2D eigenvalue weighted by Crippen LogP contribution is -2.02. The minimum atomic E-state index is 0.662. The molecule has 2 aromatic rings. The molecule has 2 rings (SSSR count). The first-order valence-electron chi connectivity index (χ1n) is 6.34. The van der Waals surface area contributed by atoms with Gasteiger partial charge in [-0.1, -0.05) is 23.7 Å². The van der Waals surface area contributed by atoms with Crippen LogP contribution < -0.4 is 10.5 Å². The summed E-state index contributed by atoms with van der Waals surface area (Å²) in [6, 6.07) is 11.8. The Labute approximate surface area is 119 Å². The molecule has 2 nitrogen and oxygen atoms in total. The molecule has 0 aliphatic rings. The Balaban J connectivity index is 2.21. The molecule has 0 fully saturated rings. The summed E-state index contributed by atoms with van der Waals surface area (Å²) in [5.41, 5.74) is 8.83. The van der Waals surface area contributed by atoms with Gasteiger partial charge in [-0.3, -0.25) is 0 Å². The summed E-state index contributed by atoms with van der Waals surface area (Å²) < 4.78 is 5.94. The molecule has 0 aromatic heterocycles. The van der Waals surface area contributed by atoms with Gasteiger partial charge in [-0.2, -0.15) is 0 Å². The van der Waals surface area contributed by atoms with Gasteiger partial charge in [0.05, 0.1) is 0 Å². The van der Waals surface area contributed by atoms with Crippen molar-refractivity contribution in [2.75, 3.05) is 6.54 Å². The lowest BCUT2D eigenvalue weighted by Gasteiger charge is -2.12. The average Bonchev–Trinajstić information content (AvgIpc) is 2.36. The van der Waals surface area contributed by atoms with Gasteiger partial charge in [0.15, 0.2) is 0 Å². The van der Waals surface area contributed by atoms with Gasteiger partial charge in [-0.05, 0) is 67.8 Å². The van der Waals surface area contributed by atoms with Gasteiger partial charge in [0, 0.05) is 5.02 Å². The van der Waals surface area contributed by atoms with Crippen LogP contribution in [0, 0.1) is 13.8 Å². The van der Waals surface area contributed by atoms with Crippen LogP contribution in [-0.4, -0.2) is 6.54 Å². The zero-order chi connectivity index (χ0) is 13.8. The normalized spacial score (nSPS) is 10.5. The first kappa shape index (κ1) is 13.9. The van der Waals surface area contributed by atoms with Gasteiger partial charge in [-0.15, -0.1) is 0 Å². The predicted octanol–water partition coefficient (Wildman–Crippen LogP) is 4.25. The van der Waals surface area contributed by atoms with Crippen LogP contribution in [0.15, 0.2) is 36.4 Å². The Kier molecular flexibility index (Phi) is 4.46. The quantitative estimate of drug-likeness (QED) is 0.905. The Bertz CT molecular complexity index is 540. The molecule has 0 saturated carbocycles. The van der Waals surface area contributed by atoms with Crippen molar-refractivity contribution in [3.8, 4) is 11.5 Å². The smallest absolute Gasteiger partial charge is 0.133 e. The zero-order valence-electron chi connectivity index (χ0n) is 11.2. The largest absolute Gasteiger partial charge is 0.457 e. The second kappa shape index (κ2) is 6.09. The van der Waals surface area contributed by atoms with E-state index in [1.807, 2.05) is 50.2 Å². The maximum atomic E-state index is 6.01. The monoisotopic (exact) mass is 275 g/mol. The summed E-state index contributed by atoms with van der Waals surface area (Å²) >= 11 is 6.01. The molecule has 2 aromatic carbocycles. The van der Waals surface area contributed by atoms with Gasteiger partial charge >= 0.3 is 0 Å². The Morgan fingerprint density at radius 1 is 1.05 bits per heavy atom.